The van der Waals surface area contributed by atoms with E-state index in [1.54, 1.807) is 10.7 Å². The molecule has 0 saturated carbocycles. The third-order valence-corrected chi connectivity index (χ3v) is 2.17. The summed E-state index contributed by atoms with van der Waals surface area (Å²) < 4.78 is 6.52. The maximum atomic E-state index is 11.0. The van der Waals surface area contributed by atoms with Crippen LogP contribution in [0, 0.1) is 0 Å². The van der Waals surface area contributed by atoms with Gasteiger partial charge in [-0.3, -0.25) is 0 Å². The Kier molecular flexibility index (Phi) is 2.72. The maximum absolute atomic E-state index is 11.0. The molecule has 6 nitrogen and oxygen atoms in total. The van der Waals surface area contributed by atoms with Crippen molar-refractivity contribution in [2.24, 2.45) is 0 Å². The summed E-state index contributed by atoms with van der Waals surface area (Å²) >= 11 is 0. The molecule has 0 aliphatic rings. The van der Waals surface area contributed by atoms with Crippen LogP contribution in [0.1, 0.15) is 23.8 Å². The van der Waals surface area contributed by atoms with E-state index >= 15 is 0 Å². The molecule has 1 N–H and O–H groups in total. The monoisotopic (exact) mass is 221 g/mol. The fourth-order valence-electron chi connectivity index (χ4n) is 1.51. The lowest BCUT2D eigenvalue weighted by Crippen LogP contribution is -2.04. The average Bonchev–Trinajstić information content (AvgIpc) is 2.84. The number of nitrogens with zero attached hydrogens (tertiary/aromatic N) is 3. The maximum Gasteiger partial charge on any atom is 0.358 e. The summed E-state index contributed by atoms with van der Waals surface area (Å²) in [6, 6.07) is 1.69. The van der Waals surface area contributed by atoms with Crippen molar-refractivity contribution < 1.29 is 14.3 Å². The molecular weight excluding hydrogens is 210 g/mol. The predicted molar refractivity (Wildman–Crippen MR) is 55.0 cm³/mol. The van der Waals surface area contributed by atoms with Crippen molar-refractivity contribution in [3.05, 3.63) is 24.3 Å². The first-order chi connectivity index (χ1) is 7.74. The van der Waals surface area contributed by atoms with E-state index in [0.29, 0.717) is 17.8 Å². The van der Waals surface area contributed by atoms with Gasteiger partial charge in [0.25, 0.3) is 0 Å². The zero-order valence-electron chi connectivity index (χ0n) is 8.75. The fourth-order valence-corrected chi connectivity index (χ4v) is 1.51. The molecule has 0 amide bonds. The molecular formula is C10H11N3O3. The third-order valence-electron chi connectivity index (χ3n) is 2.17. The molecule has 0 atom stereocenters. The molecule has 0 aliphatic carbocycles. The summed E-state index contributed by atoms with van der Waals surface area (Å²) in [7, 11) is 0. The molecule has 0 saturated heterocycles. The molecule has 0 unspecified atom stereocenters. The number of aryl methyl sites for hydroxylation is 1. The van der Waals surface area contributed by atoms with Gasteiger partial charge in [0.2, 0.25) is 0 Å². The fraction of sp³-hybridized carbons (Fsp3) is 0.300. The first-order valence-electron chi connectivity index (χ1n) is 4.93. The smallest absolute Gasteiger partial charge is 0.358 e. The van der Waals surface area contributed by atoms with Crippen LogP contribution < -0.4 is 0 Å². The Morgan fingerprint density at radius 3 is 3.00 bits per heavy atom. The predicted octanol–water partition coefficient (Wildman–Crippen LogP) is 1.65. The number of hydrogen-bond acceptors (Lipinski definition) is 4. The van der Waals surface area contributed by atoms with Crippen molar-refractivity contribution in [3.63, 3.8) is 0 Å². The van der Waals surface area contributed by atoms with Gasteiger partial charge in [-0.1, -0.05) is 12.1 Å². The van der Waals surface area contributed by atoms with Crippen LogP contribution in [-0.4, -0.2) is 26.1 Å². The van der Waals surface area contributed by atoms with Crippen LogP contribution in [0.3, 0.4) is 0 Å². The van der Waals surface area contributed by atoms with Crippen molar-refractivity contribution in [2.45, 2.75) is 19.9 Å². The van der Waals surface area contributed by atoms with Gasteiger partial charge in [0.05, 0.1) is 12.5 Å². The van der Waals surface area contributed by atoms with Gasteiger partial charge < -0.3 is 9.52 Å². The largest absolute Gasteiger partial charge is 0.476 e. The van der Waals surface area contributed by atoms with Gasteiger partial charge in [-0.2, -0.15) is 0 Å². The van der Waals surface area contributed by atoms with Crippen LogP contribution in [0.15, 0.2) is 23.0 Å². The summed E-state index contributed by atoms with van der Waals surface area (Å²) in [5.41, 5.74) is 1.12. The van der Waals surface area contributed by atoms with Crippen LogP contribution in [0.5, 0.6) is 0 Å². The molecule has 0 aromatic carbocycles. The Bertz CT molecular complexity index is 487. The minimum Gasteiger partial charge on any atom is -0.476 e. The molecule has 2 heterocycles. The van der Waals surface area contributed by atoms with E-state index < -0.39 is 5.97 Å². The lowest BCUT2D eigenvalue weighted by molar-refractivity contribution is 0.0691. The molecule has 16 heavy (non-hydrogen) atoms. The number of carboxylic acids is 1. The van der Waals surface area contributed by atoms with Gasteiger partial charge in [-0.15, -0.1) is 5.10 Å². The summed E-state index contributed by atoms with van der Waals surface area (Å²) in [6.07, 6.45) is 3.83. The lowest BCUT2D eigenvalue weighted by Gasteiger charge is -2.02. The van der Waals surface area contributed by atoms with E-state index in [-0.39, 0.29) is 5.69 Å². The molecule has 2 aromatic rings. The van der Waals surface area contributed by atoms with E-state index in [1.165, 1.54) is 12.5 Å². The van der Waals surface area contributed by atoms with Crippen LogP contribution in [0.2, 0.25) is 0 Å². The highest BCUT2D eigenvalue weighted by Crippen LogP contribution is 2.22. The van der Waals surface area contributed by atoms with E-state index in [2.05, 4.69) is 10.3 Å². The second-order valence-corrected chi connectivity index (χ2v) is 3.33. The van der Waals surface area contributed by atoms with Gasteiger partial charge in [0.1, 0.15) is 5.69 Å². The molecule has 6 heteroatoms. The molecule has 84 valence electrons. The number of carboxylic acid groups (broad SMARTS) is 1. The average molecular weight is 221 g/mol. The van der Waals surface area contributed by atoms with Crippen LogP contribution in [-0.2, 0) is 6.54 Å². The second-order valence-electron chi connectivity index (χ2n) is 3.33. The molecule has 0 spiro atoms. The molecule has 2 aromatic heterocycles. The Morgan fingerprint density at radius 1 is 1.62 bits per heavy atom. The van der Waals surface area contributed by atoms with Crippen molar-refractivity contribution in [2.75, 3.05) is 0 Å². The van der Waals surface area contributed by atoms with Crippen molar-refractivity contribution in [1.29, 1.82) is 0 Å². The molecule has 2 rings (SSSR count). The van der Waals surface area contributed by atoms with E-state index in [1.807, 2.05) is 6.92 Å². The minimum absolute atomic E-state index is 0.0464. The Morgan fingerprint density at radius 2 is 2.44 bits per heavy atom. The Labute approximate surface area is 91.5 Å². The third kappa shape index (κ3) is 1.69. The van der Waals surface area contributed by atoms with Gasteiger partial charge in [0.15, 0.2) is 5.69 Å². The van der Waals surface area contributed by atoms with Crippen LogP contribution in [0.25, 0.3) is 11.3 Å². The van der Waals surface area contributed by atoms with Crippen LogP contribution in [0.4, 0.5) is 0 Å². The summed E-state index contributed by atoms with van der Waals surface area (Å²) in [6.45, 7) is 2.61. The Hall–Kier alpha value is -2.11. The van der Waals surface area contributed by atoms with Crippen molar-refractivity contribution in [3.8, 4) is 11.3 Å². The van der Waals surface area contributed by atoms with Crippen molar-refractivity contribution >= 4 is 5.97 Å². The highest BCUT2D eigenvalue weighted by molar-refractivity contribution is 5.92. The number of aromatic nitrogens is 3. The summed E-state index contributed by atoms with van der Waals surface area (Å²) in [4.78, 5) is 11.0. The highest BCUT2D eigenvalue weighted by atomic mass is 16.4. The number of aromatic carboxylic acids is 1. The number of hydrogen-bond donors (Lipinski definition) is 1. The Balaban J connectivity index is 2.54. The quantitative estimate of drug-likeness (QED) is 0.848. The molecule has 0 radical (unpaired) electrons. The van der Waals surface area contributed by atoms with E-state index in [0.717, 1.165) is 6.42 Å². The zero-order valence-corrected chi connectivity index (χ0v) is 8.75. The number of rotatable bonds is 4. The summed E-state index contributed by atoms with van der Waals surface area (Å²) in [5.74, 6) is -1.08. The first-order valence-corrected chi connectivity index (χ1v) is 4.93. The lowest BCUT2D eigenvalue weighted by atomic mass is 10.2. The van der Waals surface area contributed by atoms with E-state index in [9.17, 15) is 4.79 Å². The van der Waals surface area contributed by atoms with Gasteiger partial charge in [0, 0.05) is 12.1 Å². The van der Waals surface area contributed by atoms with Gasteiger partial charge in [-0.05, 0) is 12.5 Å². The topological polar surface area (TPSA) is 81.2 Å². The van der Waals surface area contributed by atoms with Crippen molar-refractivity contribution in [1.82, 2.24) is 15.0 Å². The zero-order chi connectivity index (χ0) is 11.5. The minimum atomic E-state index is -1.08. The SMILES string of the molecule is CCCn1nnc(C(=O)O)c1-c1ccoc1. The van der Waals surface area contributed by atoms with Gasteiger partial charge in [-0.25, -0.2) is 9.48 Å². The number of furan rings is 1. The van der Waals surface area contributed by atoms with Gasteiger partial charge >= 0.3 is 5.97 Å². The van der Waals surface area contributed by atoms with Crippen LogP contribution >= 0.6 is 0 Å². The normalized spacial score (nSPS) is 10.6. The second kappa shape index (κ2) is 4.18. The standard InChI is InChI=1S/C10H11N3O3/c1-2-4-13-9(7-3-5-16-6-7)8(10(14)15)11-12-13/h3,5-6H,2,4H2,1H3,(H,14,15). The molecule has 0 bridgehead atoms. The molecule has 0 aliphatic heterocycles. The molecule has 0 fully saturated rings. The first kappa shape index (κ1) is 10.4. The highest BCUT2D eigenvalue weighted by Gasteiger charge is 2.20. The summed E-state index contributed by atoms with van der Waals surface area (Å²) in [5, 5.41) is 16.5. The van der Waals surface area contributed by atoms with E-state index in [4.69, 9.17) is 9.52 Å². The number of carbonyl (C=O) groups is 1.